The molecule has 2 aromatic rings. The van der Waals surface area contributed by atoms with Gasteiger partial charge in [0, 0.05) is 6.07 Å². The fourth-order valence-electron chi connectivity index (χ4n) is 2.64. The van der Waals surface area contributed by atoms with Gasteiger partial charge in [-0.2, -0.15) is 4.31 Å². The third-order valence-corrected chi connectivity index (χ3v) is 5.59. The summed E-state index contributed by atoms with van der Waals surface area (Å²) >= 11 is 0. The van der Waals surface area contributed by atoms with Crippen LogP contribution in [-0.4, -0.2) is 31.9 Å². The molecule has 0 atom stereocenters. The van der Waals surface area contributed by atoms with Gasteiger partial charge in [0.05, 0.1) is 24.9 Å². The lowest BCUT2D eigenvalue weighted by molar-refractivity contribution is 0.0753. The number of rotatable bonds is 5. The van der Waals surface area contributed by atoms with Crippen LogP contribution in [-0.2, 0) is 15.8 Å². The summed E-state index contributed by atoms with van der Waals surface area (Å²) in [5.41, 5.74) is 1.33. The molecule has 2 heterocycles. The van der Waals surface area contributed by atoms with E-state index in [0.717, 1.165) is 11.1 Å². The largest absolute Gasteiger partial charge is 0.487 e. The highest BCUT2D eigenvalue weighted by Gasteiger charge is 2.37. The zero-order valence-electron chi connectivity index (χ0n) is 13.6. The molecule has 1 fully saturated rings. The van der Waals surface area contributed by atoms with Gasteiger partial charge in [-0.15, -0.1) is 0 Å². The number of benzene rings is 1. The van der Waals surface area contributed by atoms with E-state index in [1.54, 1.807) is 13.0 Å². The summed E-state index contributed by atoms with van der Waals surface area (Å²) in [5, 5.41) is 0. The number of aryl methyl sites for hydroxylation is 2. The monoisotopic (exact) mass is 349 g/mol. The van der Waals surface area contributed by atoms with E-state index >= 15 is 0 Å². The zero-order valence-corrected chi connectivity index (χ0v) is 14.4. The van der Waals surface area contributed by atoms with E-state index in [-0.39, 0.29) is 24.9 Å². The standard InChI is InChI=1S/C17H19NO5S/c1-12-4-3-5-14(6-12)11-24(20,21)18-9-16(10-18)23-15-7-13(2)22-17(19)8-15/h3-8,16H,9-11H2,1-2H3. The lowest BCUT2D eigenvalue weighted by Gasteiger charge is -2.37. The van der Waals surface area contributed by atoms with Crippen LogP contribution < -0.4 is 10.4 Å². The van der Waals surface area contributed by atoms with E-state index in [9.17, 15) is 13.2 Å². The van der Waals surface area contributed by atoms with Crippen molar-refractivity contribution in [3.05, 3.63) is 63.7 Å². The second-order valence-corrected chi connectivity index (χ2v) is 7.99. The van der Waals surface area contributed by atoms with E-state index in [1.165, 1.54) is 10.4 Å². The second kappa shape index (κ2) is 6.41. The Bertz CT molecular complexity index is 897. The van der Waals surface area contributed by atoms with Crippen molar-refractivity contribution in [1.82, 2.24) is 4.31 Å². The summed E-state index contributed by atoms with van der Waals surface area (Å²) in [6, 6.07) is 10.3. The molecule has 0 aliphatic carbocycles. The minimum atomic E-state index is -3.36. The van der Waals surface area contributed by atoms with Crippen LogP contribution in [0.3, 0.4) is 0 Å². The summed E-state index contributed by atoms with van der Waals surface area (Å²) in [4.78, 5) is 11.3. The molecular formula is C17H19NO5S. The van der Waals surface area contributed by atoms with Crippen molar-refractivity contribution in [2.45, 2.75) is 25.7 Å². The molecule has 7 heteroatoms. The highest BCUT2D eigenvalue weighted by atomic mass is 32.2. The highest BCUT2D eigenvalue weighted by molar-refractivity contribution is 7.88. The van der Waals surface area contributed by atoms with Crippen LogP contribution >= 0.6 is 0 Å². The smallest absolute Gasteiger partial charge is 0.339 e. The van der Waals surface area contributed by atoms with Crippen molar-refractivity contribution in [2.24, 2.45) is 0 Å². The van der Waals surface area contributed by atoms with Gasteiger partial charge in [0.1, 0.15) is 17.6 Å². The van der Waals surface area contributed by atoms with Crippen LogP contribution in [0.25, 0.3) is 0 Å². The topological polar surface area (TPSA) is 76.8 Å². The first kappa shape index (κ1) is 16.7. The summed E-state index contributed by atoms with van der Waals surface area (Å²) in [6.45, 7) is 4.16. The molecule has 24 heavy (non-hydrogen) atoms. The number of ether oxygens (including phenoxy) is 1. The van der Waals surface area contributed by atoms with Gasteiger partial charge in [-0.25, -0.2) is 13.2 Å². The maximum absolute atomic E-state index is 12.4. The third kappa shape index (κ3) is 3.85. The van der Waals surface area contributed by atoms with Crippen molar-refractivity contribution >= 4 is 10.0 Å². The Hall–Kier alpha value is -2.12. The Labute approximate surface area is 140 Å². The molecule has 1 aliphatic rings. The average Bonchev–Trinajstić information content (AvgIpc) is 2.40. The van der Waals surface area contributed by atoms with Gasteiger partial charge >= 0.3 is 5.63 Å². The van der Waals surface area contributed by atoms with Gasteiger partial charge < -0.3 is 9.15 Å². The molecule has 0 radical (unpaired) electrons. The summed E-state index contributed by atoms with van der Waals surface area (Å²) in [6.07, 6.45) is -0.251. The van der Waals surface area contributed by atoms with Crippen molar-refractivity contribution in [2.75, 3.05) is 13.1 Å². The van der Waals surface area contributed by atoms with Crippen LogP contribution in [0.15, 0.2) is 45.6 Å². The zero-order chi connectivity index (χ0) is 17.3. The lowest BCUT2D eigenvalue weighted by Crippen LogP contribution is -2.56. The molecule has 1 aromatic carbocycles. The van der Waals surface area contributed by atoms with E-state index < -0.39 is 15.6 Å². The average molecular weight is 349 g/mol. The first-order valence-corrected chi connectivity index (χ1v) is 9.24. The molecule has 1 aromatic heterocycles. The molecule has 1 saturated heterocycles. The van der Waals surface area contributed by atoms with Crippen LogP contribution in [0.2, 0.25) is 0 Å². The third-order valence-electron chi connectivity index (χ3n) is 3.81. The van der Waals surface area contributed by atoms with E-state index in [4.69, 9.17) is 9.15 Å². The summed E-state index contributed by atoms with van der Waals surface area (Å²) < 4.78 is 36.7. The number of hydrogen-bond acceptors (Lipinski definition) is 5. The minimum absolute atomic E-state index is 0.0184. The van der Waals surface area contributed by atoms with E-state index in [0.29, 0.717) is 11.5 Å². The minimum Gasteiger partial charge on any atom is -0.487 e. The van der Waals surface area contributed by atoms with E-state index in [2.05, 4.69) is 0 Å². The number of hydrogen-bond donors (Lipinski definition) is 0. The van der Waals surface area contributed by atoms with Crippen LogP contribution in [0.4, 0.5) is 0 Å². The molecule has 6 nitrogen and oxygen atoms in total. The number of sulfonamides is 1. The first-order valence-electron chi connectivity index (χ1n) is 7.64. The van der Waals surface area contributed by atoms with Crippen molar-refractivity contribution in [3.8, 4) is 5.75 Å². The molecule has 0 unspecified atom stereocenters. The predicted molar refractivity (Wildman–Crippen MR) is 89.5 cm³/mol. The van der Waals surface area contributed by atoms with Crippen LogP contribution in [0, 0.1) is 13.8 Å². The van der Waals surface area contributed by atoms with Crippen LogP contribution in [0.1, 0.15) is 16.9 Å². The molecule has 0 bridgehead atoms. The van der Waals surface area contributed by atoms with Gasteiger partial charge in [-0.3, -0.25) is 0 Å². The highest BCUT2D eigenvalue weighted by Crippen LogP contribution is 2.22. The Kier molecular flexibility index (Phi) is 4.47. The van der Waals surface area contributed by atoms with Gasteiger partial charge in [0.15, 0.2) is 0 Å². The lowest BCUT2D eigenvalue weighted by atomic mass is 10.2. The van der Waals surface area contributed by atoms with Crippen molar-refractivity contribution in [3.63, 3.8) is 0 Å². The summed E-state index contributed by atoms with van der Waals surface area (Å²) in [5.74, 6) is 0.848. The van der Waals surface area contributed by atoms with Gasteiger partial charge in [-0.05, 0) is 19.4 Å². The fraction of sp³-hybridized carbons (Fsp3) is 0.353. The van der Waals surface area contributed by atoms with Crippen LogP contribution in [0.5, 0.6) is 5.75 Å². The molecule has 0 N–H and O–H groups in total. The van der Waals surface area contributed by atoms with Gasteiger partial charge in [0.25, 0.3) is 0 Å². The molecule has 0 amide bonds. The fourth-order valence-corrected chi connectivity index (χ4v) is 4.21. The Balaban J connectivity index is 1.60. The first-order chi connectivity index (χ1) is 11.3. The van der Waals surface area contributed by atoms with Gasteiger partial charge in [0.2, 0.25) is 10.0 Å². The SMILES string of the molecule is Cc1cccc(CS(=O)(=O)N2CC(Oc3cc(C)oc(=O)c3)C2)c1. The second-order valence-electron chi connectivity index (χ2n) is 6.02. The van der Waals surface area contributed by atoms with Crippen molar-refractivity contribution in [1.29, 1.82) is 0 Å². The van der Waals surface area contributed by atoms with Gasteiger partial charge in [-0.1, -0.05) is 29.8 Å². The predicted octanol–water partition coefficient (Wildman–Crippen LogP) is 1.85. The molecule has 1 aliphatic heterocycles. The molecule has 0 spiro atoms. The summed E-state index contributed by atoms with van der Waals surface area (Å²) in [7, 11) is -3.36. The Morgan fingerprint density at radius 2 is 1.96 bits per heavy atom. The maximum atomic E-state index is 12.4. The Morgan fingerprint density at radius 3 is 2.62 bits per heavy atom. The molecule has 3 rings (SSSR count). The number of nitrogens with zero attached hydrogens (tertiary/aromatic N) is 1. The molecular weight excluding hydrogens is 330 g/mol. The Morgan fingerprint density at radius 1 is 1.21 bits per heavy atom. The van der Waals surface area contributed by atoms with E-state index in [1.807, 2.05) is 31.2 Å². The quantitative estimate of drug-likeness (QED) is 0.823. The molecule has 128 valence electrons. The maximum Gasteiger partial charge on any atom is 0.339 e. The normalized spacial score (nSPS) is 15.9. The van der Waals surface area contributed by atoms with Crippen molar-refractivity contribution < 1.29 is 17.6 Å². The molecule has 0 saturated carbocycles.